The van der Waals surface area contributed by atoms with Gasteiger partial charge in [0.15, 0.2) is 0 Å². The highest BCUT2D eigenvalue weighted by atomic mass is 35.5. The molecular formula is C11H18ClN5O. The van der Waals surface area contributed by atoms with Crippen LogP contribution in [0.2, 0.25) is 0 Å². The van der Waals surface area contributed by atoms with E-state index >= 15 is 0 Å². The normalized spacial score (nSPS) is 10.0. The molecule has 0 aliphatic rings. The van der Waals surface area contributed by atoms with E-state index in [-0.39, 0.29) is 12.4 Å². The Bertz CT molecular complexity index is 519. The van der Waals surface area contributed by atoms with Crippen LogP contribution in [0.3, 0.4) is 0 Å². The zero-order valence-corrected chi connectivity index (χ0v) is 11.8. The first-order valence-corrected chi connectivity index (χ1v) is 5.41. The lowest BCUT2D eigenvalue weighted by Gasteiger charge is -2.05. The fourth-order valence-corrected chi connectivity index (χ4v) is 1.76. The molecule has 2 rings (SSSR count). The molecule has 0 aromatic carbocycles. The lowest BCUT2D eigenvalue weighted by atomic mass is 10.3. The summed E-state index contributed by atoms with van der Waals surface area (Å²) >= 11 is 0. The second-order valence-electron chi connectivity index (χ2n) is 3.98. The standard InChI is InChI=1S/C11H17N5O.ClH/c1-8-5-9(16(3)13-8)6-12-10-7-15(2)14-11(10)17-4;/h5,7,12H,6H2,1-4H3;1H. The zero-order valence-electron chi connectivity index (χ0n) is 11.0. The molecule has 2 aromatic heterocycles. The quantitative estimate of drug-likeness (QED) is 0.916. The Kier molecular flexibility index (Phi) is 4.61. The third-order valence-corrected chi connectivity index (χ3v) is 2.55. The second kappa shape index (κ2) is 5.77. The Morgan fingerprint density at radius 1 is 1.33 bits per heavy atom. The van der Waals surface area contributed by atoms with E-state index in [0.29, 0.717) is 12.4 Å². The van der Waals surface area contributed by atoms with Gasteiger partial charge >= 0.3 is 0 Å². The number of methoxy groups -OCH3 is 1. The lowest BCUT2D eigenvalue weighted by molar-refractivity contribution is 0.393. The van der Waals surface area contributed by atoms with E-state index in [1.54, 1.807) is 11.8 Å². The summed E-state index contributed by atoms with van der Waals surface area (Å²) in [4.78, 5) is 0. The van der Waals surface area contributed by atoms with Gasteiger partial charge in [0.1, 0.15) is 5.69 Å². The molecule has 0 aliphatic heterocycles. The highest BCUT2D eigenvalue weighted by molar-refractivity contribution is 5.85. The minimum absolute atomic E-state index is 0. The van der Waals surface area contributed by atoms with Gasteiger partial charge in [-0.3, -0.25) is 9.36 Å². The van der Waals surface area contributed by atoms with Crippen molar-refractivity contribution in [3.8, 4) is 5.88 Å². The van der Waals surface area contributed by atoms with Crippen LogP contribution in [0.4, 0.5) is 5.69 Å². The molecule has 0 saturated heterocycles. The van der Waals surface area contributed by atoms with Crippen LogP contribution in [0, 0.1) is 6.92 Å². The number of aromatic nitrogens is 4. The van der Waals surface area contributed by atoms with Crippen LogP contribution in [0.5, 0.6) is 5.88 Å². The number of hydrogen-bond donors (Lipinski definition) is 1. The van der Waals surface area contributed by atoms with Gasteiger partial charge in [-0.15, -0.1) is 17.5 Å². The number of rotatable bonds is 4. The average Bonchev–Trinajstić information content (AvgIpc) is 2.78. The van der Waals surface area contributed by atoms with Crippen LogP contribution in [-0.2, 0) is 20.6 Å². The van der Waals surface area contributed by atoms with E-state index in [4.69, 9.17) is 4.74 Å². The molecular weight excluding hydrogens is 254 g/mol. The van der Waals surface area contributed by atoms with Crippen LogP contribution in [0.1, 0.15) is 11.4 Å². The molecule has 0 atom stereocenters. The molecule has 0 spiro atoms. The molecule has 0 radical (unpaired) electrons. The van der Waals surface area contributed by atoms with Crippen molar-refractivity contribution in [2.75, 3.05) is 12.4 Å². The van der Waals surface area contributed by atoms with E-state index in [2.05, 4.69) is 21.6 Å². The maximum atomic E-state index is 5.17. The number of aryl methyl sites for hydroxylation is 3. The van der Waals surface area contributed by atoms with Gasteiger partial charge in [-0.25, -0.2) is 0 Å². The van der Waals surface area contributed by atoms with Gasteiger partial charge in [-0.1, -0.05) is 0 Å². The minimum atomic E-state index is 0. The molecule has 100 valence electrons. The average molecular weight is 272 g/mol. The van der Waals surface area contributed by atoms with Crippen LogP contribution in [0.15, 0.2) is 12.3 Å². The Morgan fingerprint density at radius 3 is 2.61 bits per heavy atom. The van der Waals surface area contributed by atoms with Crippen molar-refractivity contribution in [2.45, 2.75) is 13.5 Å². The molecule has 18 heavy (non-hydrogen) atoms. The Labute approximate surface area is 112 Å². The number of ether oxygens (including phenoxy) is 1. The summed E-state index contributed by atoms with van der Waals surface area (Å²) in [6, 6.07) is 2.05. The largest absolute Gasteiger partial charge is 0.478 e. The van der Waals surface area contributed by atoms with Crippen molar-refractivity contribution >= 4 is 18.1 Å². The maximum Gasteiger partial charge on any atom is 0.256 e. The van der Waals surface area contributed by atoms with Gasteiger partial charge in [-0.05, 0) is 13.0 Å². The van der Waals surface area contributed by atoms with E-state index in [1.165, 1.54) is 0 Å². The summed E-state index contributed by atoms with van der Waals surface area (Å²) in [5.74, 6) is 0.603. The molecule has 0 bridgehead atoms. The predicted molar refractivity (Wildman–Crippen MR) is 72.3 cm³/mol. The van der Waals surface area contributed by atoms with E-state index in [0.717, 1.165) is 17.1 Å². The van der Waals surface area contributed by atoms with Crippen LogP contribution in [0.25, 0.3) is 0 Å². The highest BCUT2D eigenvalue weighted by Gasteiger charge is 2.08. The number of hydrogen-bond acceptors (Lipinski definition) is 4. The molecule has 0 saturated carbocycles. The molecule has 2 aromatic rings. The third-order valence-electron chi connectivity index (χ3n) is 2.55. The first kappa shape index (κ1) is 14.4. The third kappa shape index (κ3) is 2.95. The number of nitrogens with one attached hydrogen (secondary N) is 1. The van der Waals surface area contributed by atoms with E-state index in [1.807, 2.05) is 31.9 Å². The number of anilines is 1. The van der Waals surface area contributed by atoms with Crippen molar-refractivity contribution in [1.82, 2.24) is 19.6 Å². The number of halogens is 1. The van der Waals surface area contributed by atoms with Crippen molar-refractivity contribution in [2.24, 2.45) is 14.1 Å². The van der Waals surface area contributed by atoms with E-state index in [9.17, 15) is 0 Å². The topological polar surface area (TPSA) is 56.9 Å². The van der Waals surface area contributed by atoms with Gasteiger partial charge in [0.2, 0.25) is 0 Å². The molecule has 0 unspecified atom stereocenters. The summed E-state index contributed by atoms with van der Waals surface area (Å²) in [5, 5.41) is 11.8. The van der Waals surface area contributed by atoms with Gasteiger partial charge in [0.25, 0.3) is 5.88 Å². The smallest absolute Gasteiger partial charge is 0.256 e. The van der Waals surface area contributed by atoms with Gasteiger partial charge in [0.05, 0.1) is 31.2 Å². The van der Waals surface area contributed by atoms with Crippen molar-refractivity contribution in [1.29, 1.82) is 0 Å². The Balaban J connectivity index is 0.00000162. The van der Waals surface area contributed by atoms with E-state index < -0.39 is 0 Å². The second-order valence-corrected chi connectivity index (χ2v) is 3.98. The predicted octanol–water partition coefficient (Wildman–Crippen LogP) is 1.50. The Hall–Kier alpha value is -1.69. The molecule has 6 nitrogen and oxygen atoms in total. The fourth-order valence-electron chi connectivity index (χ4n) is 1.76. The minimum Gasteiger partial charge on any atom is -0.478 e. The summed E-state index contributed by atoms with van der Waals surface area (Å²) in [5.41, 5.74) is 3.02. The summed E-state index contributed by atoms with van der Waals surface area (Å²) in [6.45, 7) is 2.67. The van der Waals surface area contributed by atoms with Gasteiger partial charge in [0, 0.05) is 14.1 Å². The molecule has 1 N–H and O–H groups in total. The molecule has 0 fully saturated rings. The monoisotopic (exact) mass is 271 g/mol. The van der Waals surface area contributed by atoms with Crippen LogP contribution in [-0.4, -0.2) is 26.7 Å². The lowest BCUT2D eigenvalue weighted by Crippen LogP contribution is -2.05. The molecule has 2 heterocycles. The van der Waals surface area contributed by atoms with Crippen LogP contribution < -0.4 is 10.1 Å². The van der Waals surface area contributed by atoms with Gasteiger partial charge < -0.3 is 10.1 Å². The van der Waals surface area contributed by atoms with Gasteiger partial charge in [-0.2, -0.15) is 5.10 Å². The maximum absolute atomic E-state index is 5.17. The molecule has 0 aliphatic carbocycles. The zero-order chi connectivity index (χ0) is 12.4. The molecule has 7 heteroatoms. The van der Waals surface area contributed by atoms with Crippen molar-refractivity contribution < 1.29 is 4.74 Å². The van der Waals surface area contributed by atoms with Crippen molar-refractivity contribution in [3.63, 3.8) is 0 Å². The summed E-state index contributed by atoms with van der Waals surface area (Å²) in [6.07, 6.45) is 1.89. The van der Waals surface area contributed by atoms with Crippen LogP contribution >= 0.6 is 12.4 Å². The fraction of sp³-hybridized carbons (Fsp3) is 0.455. The summed E-state index contributed by atoms with van der Waals surface area (Å²) in [7, 11) is 5.41. The summed E-state index contributed by atoms with van der Waals surface area (Å²) < 4.78 is 8.76. The highest BCUT2D eigenvalue weighted by Crippen LogP contribution is 2.21. The first-order chi connectivity index (χ1) is 8.10. The SMILES string of the molecule is COc1nn(C)cc1NCc1cc(C)nn1C.Cl. The first-order valence-electron chi connectivity index (χ1n) is 5.41. The Morgan fingerprint density at radius 2 is 2.06 bits per heavy atom. The van der Waals surface area contributed by atoms with Crippen molar-refractivity contribution in [3.05, 3.63) is 23.7 Å². The number of nitrogens with zero attached hydrogens (tertiary/aromatic N) is 4. The molecule has 0 amide bonds.